The van der Waals surface area contributed by atoms with Crippen molar-refractivity contribution in [3.05, 3.63) is 11.6 Å². The highest BCUT2D eigenvalue weighted by Crippen LogP contribution is 2.76. The summed E-state index contributed by atoms with van der Waals surface area (Å²) in [5.74, 6) is -0.781. The van der Waals surface area contributed by atoms with Gasteiger partial charge < -0.3 is 70.0 Å². The number of rotatable bonds is 10. The first kappa shape index (κ1) is 44.7. The molecule has 0 aromatic carbocycles. The highest BCUT2D eigenvalue weighted by molar-refractivity contribution is 5.22. The third kappa shape index (κ3) is 7.06. The standard InChI is InChI=1S/C42H72O14/c1-20(2)10-9-13-42(8,56-37-34(52)32(50)30(48)25(19-44)55-37)21-11-15-40(6)28(21)22(45)16-26-39(5)14-12-27(46)38(3,4)35(39)23(17-41(26,40)7)53-36-33(51)31(49)29(47)24(18-43)54-36/h10,21-37,43-52H,9,11-19H2,1-8H3/t21-,22+,23-,24-,25+,26+,27-,28-,29-,30+,31-,32-,33+,34+,35-,36-,37-,39-,40+,41-,42-/m1/s1. The summed E-state index contributed by atoms with van der Waals surface area (Å²) in [7, 11) is 0. The highest BCUT2D eigenvalue weighted by Gasteiger charge is 2.74. The van der Waals surface area contributed by atoms with Gasteiger partial charge in [-0.1, -0.05) is 46.3 Å². The maximum atomic E-state index is 12.6. The van der Waals surface area contributed by atoms with Crippen LogP contribution in [0, 0.1) is 45.3 Å². The van der Waals surface area contributed by atoms with E-state index in [9.17, 15) is 51.1 Å². The molecule has 14 heteroatoms. The van der Waals surface area contributed by atoms with Crippen LogP contribution in [0.4, 0.5) is 0 Å². The minimum absolute atomic E-state index is 0.000258. The third-order valence-electron chi connectivity index (χ3n) is 16.6. The molecule has 4 saturated carbocycles. The van der Waals surface area contributed by atoms with Gasteiger partial charge in [0, 0.05) is 0 Å². The van der Waals surface area contributed by atoms with Crippen LogP contribution in [0.25, 0.3) is 0 Å². The van der Waals surface area contributed by atoms with Gasteiger partial charge in [0.1, 0.15) is 48.8 Å². The number of ether oxygens (including phenoxy) is 4. The van der Waals surface area contributed by atoms with E-state index in [4.69, 9.17) is 18.9 Å². The van der Waals surface area contributed by atoms with Crippen molar-refractivity contribution in [2.75, 3.05) is 13.2 Å². The van der Waals surface area contributed by atoms with Gasteiger partial charge >= 0.3 is 0 Å². The Labute approximate surface area is 331 Å². The van der Waals surface area contributed by atoms with Gasteiger partial charge in [-0.15, -0.1) is 0 Å². The number of allylic oxidation sites excluding steroid dienone is 2. The maximum absolute atomic E-state index is 12.6. The van der Waals surface area contributed by atoms with E-state index in [1.165, 1.54) is 0 Å². The summed E-state index contributed by atoms with van der Waals surface area (Å²) in [6, 6.07) is 0. The van der Waals surface area contributed by atoms with E-state index in [1.54, 1.807) is 0 Å². The van der Waals surface area contributed by atoms with Gasteiger partial charge in [-0.25, -0.2) is 0 Å². The SMILES string of the molecule is CC(C)=CCC[C@@](C)(O[C@H]1O[C@@H](CO)[C@H](O)[C@@H](O)[C@@H]1O)[C@@H]1CC[C@@]2(C)[C@H]1[C@@H](O)C[C@H]1[C@@]3(C)CC[C@@H](O)C(C)(C)[C@H]3[C@H](O[C@@H]3O[C@H](CO)[C@@H](O)[C@@H](O)[C@@H]3O)C[C@]12C. The first-order chi connectivity index (χ1) is 26.0. The first-order valence-corrected chi connectivity index (χ1v) is 21.0. The molecule has 0 aromatic rings. The van der Waals surface area contributed by atoms with Crippen molar-refractivity contribution < 1.29 is 70.0 Å². The molecule has 0 aromatic heterocycles. The molecular formula is C42H72O14. The molecule has 0 unspecified atom stereocenters. The largest absolute Gasteiger partial charge is 0.394 e. The predicted octanol–water partition coefficient (Wildman–Crippen LogP) is 1.12. The normalized spacial score (nSPS) is 52.6. The Bertz CT molecular complexity index is 1400. The van der Waals surface area contributed by atoms with Crippen molar-refractivity contribution in [3.8, 4) is 0 Å². The van der Waals surface area contributed by atoms with Crippen LogP contribution in [0.5, 0.6) is 0 Å². The second kappa shape index (κ2) is 15.9. The summed E-state index contributed by atoms with van der Waals surface area (Å²) in [6.45, 7) is 15.7. The van der Waals surface area contributed by atoms with Crippen molar-refractivity contribution in [3.63, 3.8) is 0 Å². The molecule has 0 radical (unpaired) electrons. The molecule has 0 amide bonds. The van der Waals surface area contributed by atoms with E-state index in [-0.39, 0.29) is 23.7 Å². The van der Waals surface area contributed by atoms with Gasteiger partial charge in [0.2, 0.25) is 0 Å². The molecule has 14 nitrogen and oxygen atoms in total. The Kier molecular flexibility index (Phi) is 12.7. The average Bonchev–Trinajstić information content (AvgIpc) is 3.52. The minimum atomic E-state index is -1.61. The van der Waals surface area contributed by atoms with Crippen molar-refractivity contribution in [2.24, 2.45) is 45.3 Å². The summed E-state index contributed by atoms with van der Waals surface area (Å²) < 4.78 is 25.4. The van der Waals surface area contributed by atoms with Crippen molar-refractivity contribution in [1.29, 1.82) is 0 Å². The van der Waals surface area contributed by atoms with Gasteiger partial charge in [0.15, 0.2) is 12.6 Å². The van der Waals surface area contributed by atoms with Crippen molar-refractivity contribution >= 4 is 0 Å². The monoisotopic (exact) mass is 800 g/mol. The second-order valence-electron chi connectivity index (χ2n) is 20.2. The molecule has 6 rings (SSSR count). The fraction of sp³-hybridized carbons (Fsp3) is 0.952. The fourth-order valence-corrected chi connectivity index (χ4v) is 13.5. The van der Waals surface area contributed by atoms with Crippen LogP contribution in [-0.4, -0.2) is 150 Å². The topological polar surface area (TPSA) is 239 Å². The van der Waals surface area contributed by atoms with E-state index in [2.05, 4.69) is 26.8 Å². The van der Waals surface area contributed by atoms with Crippen LogP contribution < -0.4 is 0 Å². The fourth-order valence-electron chi connectivity index (χ4n) is 13.5. The maximum Gasteiger partial charge on any atom is 0.187 e. The Hall–Kier alpha value is -0.820. The quantitative estimate of drug-likeness (QED) is 0.110. The molecular weight excluding hydrogens is 728 g/mol. The zero-order valence-electron chi connectivity index (χ0n) is 34.6. The molecule has 2 aliphatic heterocycles. The first-order valence-electron chi connectivity index (χ1n) is 21.0. The lowest BCUT2D eigenvalue weighted by Gasteiger charge is -2.72. The zero-order valence-corrected chi connectivity index (χ0v) is 34.6. The summed E-state index contributed by atoms with van der Waals surface area (Å²) in [4.78, 5) is 0. The molecule has 10 N–H and O–H groups in total. The summed E-state index contributed by atoms with van der Waals surface area (Å²) in [6.07, 6.45) is -9.52. The molecule has 0 bridgehead atoms. The lowest BCUT2D eigenvalue weighted by atomic mass is 9.34. The van der Waals surface area contributed by atoms with Gasteiger partial charge in [0.05, 0.1) is 37.1 Å². The number of hydrogen-bond donors (Lipinski definition) is 10. The summed E-state index contributed by atoms with van der Waals surface area (Å²) >= 11 is 0. The molecule has 4 aliphatic carbocycles. The van der Waals surface area contributed by atoms with E-state index in [0.29, 0.717) is 44.9 Å². The van der Waals surface area contributed by atoms with E-state index in [1.807, 2.05) is 34.6 Å². The lowest BCUT2D eigenvalue weighted by molar-refractivity contribution is -0.349. The molecule has 21 atom stereocenters. The molecule has 0 spiro atoms. The van der Waals surface area contributed by atoms with E-state index < -0.39 is 120 Å². The van der Waals surface area contributed by atoms with Gasteiger partial charge in [-0.3, -0.25) is 0 Å². The number of aliphatic hydroxyl groups is 10. The Morgan fingerprint density at radius 1 is 0.750 bits per heavy atom. The molecule has 56 heavy (non-hydrogen) atoms. The Morgan fingerprint density at radius 2 is 1.32 bits per heavy atom. The smallest absolute Gasteiger partial charge is 0.187 e. The van der Waals surface area contributed by atoms with Crippen LogP contribution in [0.2, 0.25) is 0 Å². The average molecular weight is 801 g/mol. The predicted molar refractivity (Wildman–Crippen MR) is 202 cm³/mol. The molecule has 2 saturated heterocycles. The third-order valence-corrected chi connectivity index (χ3v) is 16.6. The Balaban J connectivity index is 1.39. The van der Waals surface area contributed by atoms with Crippen LogP contribution in [0.15, 0.2) is 11.6 Å². The van der Waals surface area contributed by atoms with Crippen molar-refractivity contribution in [1.82, 2.24) is 0 Å². The van der Waals surface area contributed by atoms with Crippen molar-refractivity contribution in [2.45, 2.75) is 192 Å². The van der Waals surface area contributed by atoms with Crippen LogP contribution in [0.3, 0.4) is 0 Å². The zero-order chi connectivity index (χ0) is 41.5. The number of fused-ring (bicyclic) bond motifs is 5. The van der Waals surface area contributed by atoms with Gasteiger partial charge in [0.25, 0.3) is 0 Å². The number of hydrogen-bond acceptors (Lipinski definition) is 14. The molecule has 6 aliphatic rings. The molecule has 6 fully saturated rings. The number of aliphatic hydroxyl groups excluding tert-OH is 10. The summed E-state index contributed by atoms with van der Waals surface area (Å²) in [5.41, 5.74) is -1.92. The van der Waals surface area contributed by atoms with Crippen LogP contribution >= 0.6 is 0 Å². The summed E-state index contributed by atoms with van der Waals surface area (Å²) in [5, 5.41) is 109. The molecule has 324 valence electrons. The van der Waals surface area contributed by atoms with Gasteiger partial charge in [-0.2, -0.15) is 0 Å². The Morgan fingerprint density at radius 3 is 1.89 bits per heavy atom. The van der Waals surface area contributed by atoms with Crippen LogP contribution in [-0.2, 0) is 18.9 Å². The van der Waals surface area contributed by atoms with Gasteiger partial charge in [-0.05, 0) is 117 Å². The van der Waals surface area contributed by atoms with Crippen LogP contribution in [0.1, 0.15) is 107 Å². The minimum Gasteiger partial charge on any atom is -0.394 e. The highest BCUT2D eigenvalue weighted by atomic mass is 16.7. The second-order valence-corrected chi connectivity index (χ2v) is 20.2. The molecule has 2 heterocycles. The van der Waals surface area contributed by atoms with E-state index >= 15 is 0 Å². The van der Waals surface area contributed by atoms with E-state index in [0.717, 1.165) is 12.0 Å². The lowest BCUT2D eigenvalue weighted by Crippen LogP contribution is -2.71.